The van der Waals surface area contributed by atoms with Gasteiger partial charge in [0.2, 0.25) is 5.78 Å². The molecule has 1 aromatic carbocycles. The van der Waals surface area contributed by atoms with E-state index in [1.54, 1.807) is 0 Å². The predicted octanol–water partition coefficient (Wildman–Crippen LogP) is 3.79. The van der Waals surface area contributed by atoms with E-state index in [0.717, 1.165) is 31.7 Å². The van der Waals surface area contributed by atoms with E-state index in [1.807, 2.05) is 0 Å². The third-order valence-corrected chi connectivity index (χ3v) is 7.79. The summed E-state index contributed by atoms with van der Waals surface area (Å²) in [6.45, 7) is 1.38. The fourth-order valence-electron chi connectivity index (χ4n) is 6.94. The summed E-state index contributed by atoms with van der Waals surface area (Å²) in [5.41, 5.74) is -0.190. The summed E-state index contributed by atoms with van der Waals surface area (Å²) in [7, 11) is 0. The van der Waals surface area contributed by atoms with Crippen molar-refractivity contribution in [3.05, 3.63) is 29.0 Å². The molecule has 1 saturated heterocycles. The highest BCUT2D eigenvalue weighted by molar-refractivity contribution is 6.48. The highest BCUT2D eigenvalue weighted by Crippen LogP contribution is 2.69. The number of carbonyl (C=O) groups excluding carboxylic acids is 3. The van der Waals surface area contributed by atoms with Crippen LogP contribution in [0, 0.1) is 34.9 Å². The minimum atomic E-state index is -0.995. The number of hydrogen-bond donors (Lipinski definition) is 0. The first-order valence-corrected chi connectivity index (χ1v) is 10.0. The second kappa shape index (κ2) is 5.63. The predicted molar refractivity (Wildman–Crippen MR) is 97.9 cm³/mol. The largest absolute Gasteiger partial charge is 0.299 e. The van der Waals surface area contributed by atoms with Crippen LogP contribution in [0.3, 0.4) is 0 Å². The summed E-state index contributed by atoms with van der Waals surface area (Å²) in [6, 6.07) is 3.55. The van der Waals surface area contributed by atoms with Gasteiger partial charge >= 0.3 is 0 Å². The van der Waals surface area contributed by atoms with Gasteiger partial charge in [-0.2, -0.15) is 0 Å². The molecule has 0 spiro atoms. The van der Waals surface area contributed by atoms with Gasteiger partial charge in [0.25, 0.3) is 5.91 Å². The minimum absolute atomic E-state index is 0.0621. The van der Waals surface area contributed by atoms with Gasteiger partial charge in [0, 0.05) is 5.02 Å². The maximum Gasteiger partial charge on any atom is 0.295 e. The Hall–Kier alpha value is -1.75. The maximum atomic E-state index is 14.7. The zero-order chi connectivity index (χ0) is 19.1. The van der Waals surface area contributed by atoms with E-state index in [2.05, 4.69) is 0 Å². The van der Waals surface area contributed by atoms with Gasteiger partial charge in [0.15, 0.2) is 0 Å². The Kier molecular flexibility index (Phi) is 3.62. The molecular weight excluding hydrogens is 369 g/mol. The zero-order valence-corrected chi connectivity index (χ0v) is 15.8. The molecule has 1 heterocycles. The lowest BCUT2D eigenvalue weighted by Gasteiger charge is -2.44. The molecule has 0 aromatic heterocycles. The number of halogens is 2. The number of Topliss-reactive ketones (excluding diaryl/α,β-unsaturated/α-hetero) is 2. The molecule has 4 atom stereocenters. The first kappa shape index (κ1) is 17.4. The van der Waals surface area contributed by atoms with Gasteiger partial charge in [-0.1, -0.05) is 11.6 Å². The molecule has 4 nitrogen and oxygen atoms in total. The van der Waals surface area contributed by atoms with Crippen molar-refractivity contribution in [3.63, 3.8) is 0 Å². The van der Waals surface area contributed by atoms with Gasteiger partial charge < -0.3 is 0 Å². The van der Waals surface area contributed by atoms with Crippen LogP contribution in [-0.2, 0) is 14.4 Å². The lowest BCUT2D eigenvalue weighted by molar-refractivity contribution is -0.138. The number of ketones is 2. The molecule has 0 radical (unpaired) electrons. The molecule has 5 fully saturated rings. The van der Waals surface area contributed by atoms with Crippen LogP contribution >= 0.6 is 11.6 Å². The first-order chi connectivity index (χ1) is 12.8. The van der Waals surface area contributed by atoms with E-state index < -0.39 is 29.5 Å². The van der Waals surface area contributed by atoms with Gasteiger partial charge in [-0.15, -0.1) is 0 Å². The molecule has 0 N–H and O–H groups in total. The van der Waals surface area contributed by atoms with Crippen LogP contribution < -0.4 is 4.90 Å². The van der Waals surface area contributed by atoms with E-state index in [-0.39, 0.29) is 21.9 Å². The smallest absolute Gasteiger partial charge is 0.295 e. The number of amides is 1. The maximum absolute atomic E-state index is 14.7. The molecule has 1 aliphatic heterocycles. The highest BCUT2D eigenvalue weighted by Gasteiger charge is 2.68. The van der Waals surface area contributed by atoms with Crippen molar-refractivity contribution < 1.29 is 18.8 Å². The highest BCUT2D eigenvalue weighted by atomic mass is 35.5. The van der Waals surface area contributed by atoms with Crippen molar-refractivity contribution >= 4 is 34.8 Å². The standard InChI is InChI=1S/C21H21ClFNO3/c1-10(25)17-18(26)20(27)24(16-3-2-14(22)7-15(16)23)19(17)21-8-11-4-12(9-21)6-13(21)5-11/h2-3,7,11-13,17,19H,4-6,8-9H2,1H3. The van der Waals surface area contributed by atoms with Gasteiger partial charge in [-0.25, -0.2) is 4.39 Å². The summed E-state index contributed by atoms with van der Waals surface area (Å²) >= 11 is 5.88. The Morgan fingerprint density at radius 3 is 2.44 bits per heavy atom. The SMILES string of the molecule is CC(=O)C1C(=O)C(=O)N(c2ccc(Cl)cc2F)C1C12CC3CC(CC1C3)C2. The normalized spacial score (nSPS) is 39.7. The van der Waals surface area contributed by atoms with Crippen LogP contribution in [0.25, 0.3) is 0 Å². The average Bonchev–Trinajstić information content (AvgIpc) is 3.10. The van der Waals surface area contributed by atoms with Crippen molar-refractivity contribution in [1.82, 2.24) is 0 Å². The Labute approximate surface area is 162 Å². The van der Waals surface area contributed by atoms with E-state index >= 15 is 0 Å². The topological polar surface area (TPSA) is 54.5 Å². The summed E-state index contributed by atoms with van der Waals surface area (Å²) < 4.78 is 14.7. The van der Waals surface area contributed by atoms with E-state index in [0.29, 0.717) is 17.8 Å². The second-order valence-electron chi connectivity index (χ2n) is 8.95. The molecule has 27 heavy (non-hydrogen) atoms. The van der Waals surface area contributed by atoms with Crippen molar-refractivity contribution in [2.24, 2.45) is 29.1 Å². The minimum Gasteiger partial charge on any atom is -0.299 e. The van der Waals surface area contributed by atoms with Gasteiger partial charge in [0.05, 0.1) is 11.7 Å². The molecule has 142 valence electrons. The van der Waals surface area contributed by atoms with Crippen LogP contribution in [0.5, 0.6) is 0 Å². The molecule has 1 aromatic rings. The second-order valence-corrected chi connectivity index (χ2v) is 9.38. The summed E-state index contributed by atoms with van der Waals surface area (Å²) in [6.07, 6.45) is 5.24. The number of anilines is 1. The van der Waals surface area contributed by atoms with Crippen LogP contribution in [0.4, 0.5) is 10.1 Å². The number of carbonyl (C=O) groups is 3. The van der Waals surface area contributed by atoms with E-state index in [1.165, 1.54) is 30.4 Å². The molecule has 4 saturated carbocycles. The third kappa shape index (κ3) is 2.24. The van der Waals surface area contributed by atoms with Gasteiger partial charge in [0.1, 0.15) is 17.5 Å². The Bertz CT molecular complexity index is 870. The summed E-state index contributed by atoms with van der Waals surface area (Å²) in [5, 5.41) is 0.230. The van der Waals surface area contributed by atoms with E-state index in [4.69, 9.17) is 11.6 Å². The average molecular weight is 390 g/mol. The van der Waals surface area contributed by atoms with Crippen LogP contribution in [-0.4, -0.2) is 23.5 Å². The fraction of sp³-hybridized carbons (Fsp3) is 0.571. The number of rotatable bonds is 3. The van der Waals surface area contributed by atoms with Crippen molar-refractivity contribution in [2.45, 2.75) is 45.1 Å². The van der Waals surface area contributed by atoms with Gasteiger partial charge in [-0.05, 0) is 80.4 Å². The molecule has 1 amide bonds. The summed E-state index contributed by atoms with van der Waals surface area (Å²) in [4.78, 5) is 39.5. The van der Waals surface area contributed by atoms with Crippen LogP contribution in [0.15, 0.2) is 18.2 Å². The molecule has 4 aliphatic carbocycles. The zero-order valence-electron chi connectivity index (χ0n) is 15.1. The molecular formula is C21H21ClFNO3. The monoisotopic (exact) mass is 389 g/mol. The quantitative estimate of drug-likeness (QED) is 0.583. The molecule has 4 bridgehead atoms. The Morgan fingerprint density at radius 2 is 1.85 bits per heavy atom. The number of nitrogens with zero attached hydrogens (tertiary/aromatic N) is 1. The van der Waals surface area contributed by atoms with E-state index in [9.17, 15) is 18.8 Å². The first-order valence-electron chi connectivity index (χ1n) is 9.64. The molecule has 6 rings (SSSR count). The van der Waals surface area contributed by atoms with Crippen LogP contribution in [0.2, 0.25) is 5.02 Å². The third-order valence-electron chi connectivity index (χ3n) is 7.56. The van der Waals surface area contributed by atoms with Crippen molar-refractivity contribution in [1.29, 1.82) is 0 Å². The van der Waals surface area contributed by atoms with Crippen LogP contribution in [0.1, 0.15) is 39.0 Å². The molecule has 4 unspecified atom stereocenters. The number of benzene rings is 1. The lowest BCUT2D eigenvalue weighted by atomic mass is 9.66. The van der Waals surface area contributed by atoms with Crippen molar-refractivity contribution in [2.75, 3.05) is 4.90 Å². The fourth-order valence-corrected chi connectivity index (χ4v) is 7.10. The van der Waals surface area contributed by atoms with Gasteiger partial charge in [-0.3, -0.25) is 19.3 Å². The summed E-state index contributed by atoms with van der Waals surface area (Å²) in [5.74, 6) is -1.78. The lowest BCUT2D eigenvalue weighted by Crippen LogP contribution is -2.51. The molecule has 5 aliphatic rings. The van der Waals surface area contributed by atoms with Crippen molar-refractivity contribution in [3.8, 4) is 0 Å². The Balaban J connectivity index is 1.68. The molecule has 6 heteroatoms. The Morgan fingerprint density at radius 1 is 1.19 bits per heavy atom. The number of hydrogen-bond acceptors (Lipinski definition) is 3.